The Morgan fingerprint density at radius 3 is 2.35 bits per heavy atom. The van der Waals surface area contributed by atoms with Crippen LogP contribution in [-0.2, 0) is 4.79 Å². The van der Waals surface area contributed by atoms with Gasteiger partial charge in [0.25, 0.3) is 0 Å². The van der Waals surface area contributed by atoms with Gasteiger partial charge in [0, 0.05) is 25.6 Å². The predicted molar refractivity (Wildman–Crippen MR) is 82.4 cm³/mol. The molecule has 1 aliphatic rings. The lowest BCUT2D eigenvalue weighted by molar-refractivity contribution is -0.127. The lowest BCUT2D eigenvalue weighted by Gasteiger charge is -2.22. The van der Waals surface area contributed by atoms with E-state index < -0.39 is 0 Å². The minimum Gasteiger partial charge on any atom is -0.340 e. The number of carbonyl (C=O) groups is 1. The Hall–Kier alpha value is -1.35. The zero-order valence-corrected chi connectivity index (χ0v) is 12.8. The van der Waals surface area contributed by atoms with Crippen molar-refractivity contribution >= 4 is 5.91 Å². The molecule has 0 bridgehead atoms. The Labute approximate surface area is 122 Å². The van der Waals surface area contributed by atoms with Gasteiger partial charge < -0.3 is 10.6 Å². The summed E-state index contributed by atoms with van der Waals surface area (Å²) in [5.74, 6) is 1.30. The first kappa shape index (κ1) is 15.0. The van der Waals surface area contributed by atoms with E-state index in [4.69, 9.17) is 5.73 Å². The maximum absolute atomic E-state index is 11.9. The first-order chi connectivity index (χ1) is 9.51. The van der Waals surface area contributed by atoms with Crippen LogP contribution in [0, 0.1) is 5.92 Å². The maximum atomic E-state index is 11.9. The predicted octanol–water partition coefficient (Wildman–Crippen LogP) is 3.07. The molecule has 1 heterocycles. The molecule has 1 fully saturated rings. The van der Waals surface area contributed by atoms with Gasteiger partial charge in [-0.15, -0.1) is 0 Å². The number of hydrogen-bond acceptors (Lipinski definition) is 2. The lowest BCUT2D eigenvalue weighted by Crippen LogP contribution is -2.33. The van der Waals surface area contributed by atoms with E-state index in [1.54, 1.807) is 0 Å². The molecule has 1 saturated heterocycles. The third kappa shape index (κ3) is 3.40. The third-order valence-electron chi connectivity index (χ3n) is 4.32. The van der Waals surface area contributed by atoms with Crippen molar-refractivity contribution in [2.24, 2.45) is 11.7 Å². The molecule has 2 atom stereocenters. The molecule has 2 N–H and O–H groups in total. The van der Waals surface area contributed by atoms with Crippen molar-refractivity contribution in [2.45, 2.75) is 45.6 Å². The van der Waals surface area contributed by atoms with Crippen molar-refractivity contribution in [3.8, 4) is 0 Å². The van der Waals surface area contributed by atoms with Gasteiger partial charge in [-0.1, -0.05) is 51.5 Å². The fourth-order valence-corrected chi connectivity index (χ4v) is 2.77. The summed E-state index contributed by atoms with van der Waals surface area (Å²) in [4.78, 5) is 13.8. The molecule has 1 aromatic rings. The van der Waals surface area contributed by atoms with E-state index in [1.807, 2.05) is 4.90 Å². The summed E-state index contributed by atoms with van der Waals surface area (Å²) in [5.41, 5.74) is 8.69. The van der Waals surface area contributed by atoms with E-state index in [1.165, 1.54) is 5.56 Å². The van der Waals surface area contributed by atoms with Crippen molar-refractivity contribution in [1.29, 1.82) is 0 Å². The molecule has 0 aliphatic carbocycles. The second kappa shape index (κ2) is 6.40. The van der Waals surface area contributed by atoms with Crippen molar-refractivity contribution in [3.05, 3.63) is 35.4 Å². The number of benzene rings is 1. The SMILES string of the molecule is CCC1CC(=O)N(CC(N)c2ccc(C(C)C)cc2)C1. The van der Waals surface area contributed by atoms with Gasteiger partial charge in [0.1, 0.15) is 0 Å². The van der Waals surface area contributed by atoms with E-state index in [2.05, 4.69) is 45.0 Å². The van der Waals surface area contributed by atoms with Crippen LogP contribution in [0.4, 0.5) is 0 Å². The summed E-state index contributed by atoms with van der Waals surface area (Å²) >= 11 is 0. The molecule has 2 unspecified atom stereocenters. The molecule has 0 radical (unpaired) electrons. The highest BCUT2D eigenvalue weighted by molar-refractivity contribution is 5.78. The fraction of sp³-hybridized carbons (Fsp3) is 0.588. The van der Waals surface area contributed by atoms with Crippen LogP contribution in [0.15, 0.2) is 24.3 Å². The summed E-state index contributed by atoms with van der Waals surface area (Å²) in [6.45, 7) is 8.01. The van der Waals surface area contributed by atoms with Gasteiger partial charge in [0.15, 0.2) is 0 Å². The molecular formula is C17H26N2O. The lowest BCUT2D eigenvalue weighted by atomic mass is 9.99. The standard InChI is InChI=1S/C17H26N2O/c1-4-13-9-17(20)19(10-13)11-16(18)15-7-5-14(6-8-15)12(2)3/h5-8,12-13,16H,4,9-11,18H2,1-3H3. The normalized spacial score (nSPS) is 20.8. The largest absolute Gasteiger partial charge is 0.340 e. The fourth-order valence-electron chi connectivity index (χ4n) is 2.77. The molecule has 0 saturated carbocycles. The number of amides is 1. The second-order valence-corrected chi connectivity index (χ2v) is 6.20. The van der Waals surface area contributed by atoms with Crippen LogP contribution in [0.1, 0.15) is 56.7 Å². The van der Waals surface area contributed by atoms with Gasteiger partial charge in [0.05, 0.1) is 0 Å². The summed E-state index contributed by atoms with van der Waals surface area (Å²) in [6.07, 6.45) is 1.76. The van der Waals surface area contributed by atoms with Crippen LogP contribution in [0.2, 0.25) is 0 Å². The van der Waals surface area contributed by atoms with Crippen LogP contribution < -0.4 is 5.73 Å². The van der Waals surface area contributed by atoms with Gasteiger partial charge in [-0.3, -0.25) is 4.79 Å². The maximum Gasteiger partial charge on any atom is 0.222 e. The minimum absolute atomic E-state index is 0.0873. The topological polar surface area (TPSA) is 46.3 Å². The molecule has 1 amide bonds. The van der Waals surface area contributed by atoms with Crippen LogP contribution in [0.5, 0.6) is 0 Å². The Balaban J connectivity index is 1.98. The Bertz CT molecular complexity index is 453. The highest BCUT2D eigenvalue weighted by Gasteiger charge is 2.29. The third-order valence-corrected chi connectivity index (χ3v) is 4.32. The summed E-state index contributed by atoms with van der Waals surface area (Å²) in [5, 5.41) is 0. The number of carbonyl (C=O) groups excluding carboxylic acids is 1. The average Bonchev–Trinajstić information content (AvgIpc) is 2.79. The van der Waals surface area contributed by atoms with E-state index in [9.17, 15) is 4.79 Å². The van der Waals surface area contributed by atoms with Crippen LogP contribution in [0.25, 0.3) is 0 Å². The molecule has 0 aromatic heterocycles. The van der Waals surface area contributed by atoms with Gasteiger partial charge in [-0.2, -0.15) is 0 Å². The molecule has 20 heavy (non-hydrogen) atoms. The van der Waals surface area contributed by atoms with E-state index in [-0.39, 0.29) is 11.9 Å². The van der Waals surface area contributed by atoms with Gasteiger partial charge in [0.2, 0.25) is 5.91 Å². The van der Waals surface area contributed by atoms with Crippen molar-refractivity contribution in [2.75, 3.05) is 13.1 Å². The van der Waals surface area contributed by atoms with Crippen molar-refractivity contribution in [3.63, 3.8) is 0 Å². The van der Waals surface area contributed by atoms with Gasteiger partial charge in [-0.05, 0) is 23.0 Å². The van der Waals surface area contributed by atoms with Gasteiger partial charge in [-0.25, -0.2) is 0 Å². The van der Waals surface area contributed by atoms with Crippen LogP contribution in [0.3, 0.4) is 0 Å². The molecule has 3 heteroatoms. The first-order valence-corrected chi connectivity index (χ1v) is 7.64. The molecule has 1 aromatic carbocycles. The molecule has 3 nitrogen and oxygen atoms in total. The average molecular weight is 274 g/mol. The zero-order chi connectivity index (χ0) is 14.7. The second-order valence-electron chi connectivity index (χ2n) is 6.20. The van der Waals surface area contributed by atoms with Crippen molar-refractivity contribution in [1.82, 2.24) is 4.90 Å². The molecular weight excluding hydrogens is 248 g/mol. The summed E-state index contributed by atoms with van der Waals surface area (Å²) in [7, 11) is 0. The Morgan fingerprint density at radius 2 is 1.85 bits per heavy atom. The number of likely N-dealkylation sites (tertiary alicyclic amines) is 1. The summed E-state index contributed by atoms with van der Waals surface area (Å²) < 4.78 is 0. The number of nitrogens with zero attached hydrogens (tertiary/aromatic N) is 1. The Morgan fingerprint density at radius 1 is 1.25 bits per heavy atom. The number of hydrogen-bond donors (Lipinski definition) is 1. The number of nitrogens with two attached hydrogens (primary N) is 1. The summed E-state index contributed by atoms with van der Waals surface area (Å²) in [6, 6.07) is 8.38. The van der Waals surface area contributed by atoms with E-state index >= 15 is 0 Å². The van der Waals surface area contributed by atoms with Crippen LogP contribution >= 0.6 is 0 Å². The highest BCUT2D eigenvalue weighted by Crippen LogP contribution is 2.23. The monoisotopic (exact) mass is 274 g/mol. The molecule has 0 spiro atoms. The quantitative estimate of drug-likeness (QED) is 0.897. The first-order valence-electron chi connectivity index (χ1n) is 7.64. The molecule has 1 aliphatic heterocycles. The smallest absolute Gasteiger partial charge is 0.222 e. The van der Waals surface area contributed by atoms with E-state index in [0.29, 0.717) is 24.8 Å². The Kier molecular flexibility index (Phi) is 4.81. The highest BCUT2D eigenvalue weighted by atomic mass is 16.2. The molecule has 2 rings (SSSR count). The van der Waals surface area contributed by atoms with Gasteiger partial charge >= 0.3 is 0 Å². The van der Waals surface area contributed by atoms with E-state index in [0.717, 1.165) is 18.5 Å². The van der Waals surface area contributed by atoms with Crippen LogP contribution in [-0.4, -0.2) is 23.9 Å². The minimum atomic E-state index is -0.0873. The zero-order valence-electron chi connectivity index (χ0n) is 12.8. The number of rotatable bonds is 5. The molecule has 110 valence electrons. The van der Waals surface area contributed by atoms with Crippen molar-refractivity contribution < 1.29 is 4.79 Å².